The number of imidazole rings is 1. The predicted octanol–water partition coefficient (Wildman–Crippen LogP) is 4.92. The molecule has 0 fully saturated rings. The summed E-state index contributed by atoms with van der Waals surface area (Å²) in [6.07, 6.45) is 8.20. The lowest BCUT2D eigenvalue weighted by Crippen LogP contribution is -1.91. The Morgan fingerprint density at radius 1 is 1.23 bits per heavy atom. The fraction of sp³-hybridized carbons (Fsp3) is 0.222. The highest BCUT2D eigenvalue weighted by molar-refractivity contribution is 7.12. The Kier molecular flexibility index (Phi) is 3.71. The van der Waals surface area contributed by atoms with Crippen molar-refractivity contribution in [1.29, 1.82) is 0 Å². The fourth-order valence-corrected chi connectivity index (χ4v) is 3.53. The van der Waals surface area contributed by atoms with Gasteiger partial charge < -0.3 is 4.40 Å². The normalized spacial score (nSPS) is 12.1. The highest BCUT2D eigenvalue weighted by Crippen LogP contribution is 2.26. The smallest absolute Gasteiger partial charge is 0.139 e. The summed E-state index contributed by atoms with van der Waals surface area (Å²) >= 11 is 1.70. The highest BCUT2D eigenvalue weighted by Gasteiger charge is 2.08. The Morgan fingerprint density at radius 2 is 2.00 bits per heavy atom. The van der Waals surface area contributed by atoms with Gasteiger partial charge in [-0.05, 0) is 62.6 Å². The maximum absolute atomic E-state index is 4.55. The third-order valence-electron chi connectivity index (χ3n) is 3.64. The molecular weight excluding hydrogens is 290 g/mol. The maximum Gasteiger partial charge on any atom is 0.139 e. The molecule has 0 saturated heterocycles. The summed E-state index contributed by atoms with van der Waals surface area (Å²) in [6.45, 7) is 12.1. The first-order valence-electron chi connectivity index (χ1n) is 7.22. The Labute approximate surface area is 134 Å². The fourth-order valence-electron chi connectivity index (χ4n) is 2.60. The lowest BCUT2D eigenvalue weighted by atomic mass is 10.1. The van der Waals surface area contributed by atoms with Gasteiger partial charge in [0.25, 0.3) is 0 Å². The molecule has 0 amide bonds. The predicted molar refractivity (Wildman–Crippen MR) is 95.2 cm³/mol. The number of hydrogen-bond acceptors (Lipinski definition) is 3. The molecule has 0 saturated carbocycles. The zero-order chi connectivity index (χ0) is 15.9. The number of nitrogens with zero attached hydrogens (tertiary/aromatic N) is 3. The summed E-state index contributed by atoms with van der Waals surface area (Å²) < 4.78 is 2.10. The van der Waals surface area contributed by atoms with Gasteiger partial charge in [0.1, 0.15) is 5.65 Å². The zero-order valence-corrected chi connectivity index (χ0v) is 14.2. The van der Waals surface area contributed by atoms with Crippen LogP contribution in [0.4, 0.5) is 0 Å². The third-order valence-corrected chi connectivity index (χ3v) is 4.57. The van der Waals surface area contributed by atoms with Crippen molar-refractivity contribution in [2.45, 2.75) is 27.7 Å². The van der Waals surface area contributed by atoms with Crippen LogP contribution in [0.1, 0.15) is 39.3 Å². The van der Waals surface area contributed by atoms with Crippen LogP contribution in [0.15, 0.2) is 25.0 Å². The van der Waals surface area contributed by atoms with E-state index in [0.29, 0.717) is 0 Å². The molecule has 3 heterocycles. The van der Waals surface area contributed by atoms with Crippen molar-refractivity contribution in [1.82, 2.24) is 14.4 Å². The van der Waals surface area contributed by atoms with Crippen molar-refractivity contribution in [2.75, 3.05) is 0 Å². The summed E-state index contributed by atoms with van der Waals surface area (Å²) in [5, 5.41) is 1.06. The standard InChI is InChI=1S/C18H19N3S/c1-6-16-17(22-14(5)20-16)8-11(2)15-7-12(3)18-19-13(4)9-21(18)10-15/h6-10H,1H2,2-5H3/b11-8+. The van der Waals surface area contributed by atoms with Gasteiger partial charge in [0, 0.05) is 12.4 Å². The van der Waals surface area contributed by atoms with Gasteiger partial charge in [-0.2, -0.15) is 0 Å². The van der Waals surface area contributed by atoms with Gasteiger partial charge in [-0.1, -0.05) is 6.58 Å². The van der Waals surface area contributed by atoms with E-state index in [-0.39, 0.29) is 0 Å². The summed E-state index contributed by atoms with van der Waals surface area (Å²) in [7, 11) is 0. The second-order valence-corrected chi connectivity index (χ2v) is 6.77. The van der Waals surface area contributed by atoms with Crippen LogP contribution in [0.3, 0.4) is 0 Å². The lowest BCUT2D eigenvalue weighted by molar-refractivity contribution is 1.15. The molecule has 0 unspecified atom stereocenters. The molecule has 0 spiro atoms. The van der Waals surface area contributed by atoms with E-state index < -0.39 is 0 Å². The van der Waals surface area contributed by atoms with E-state index in [2.05, 4.69) is 59.3 Å². The number of aryl methyl sites for hydroxylation is 3. The SMILES string of the molecule is C=Cc1nc(C)sc1/C=C(\C)c1cc(C)c2nc(C)cn2c1. The Balaban J connectivity index is 2.09. The number of fused-ring (bicyclic) bond motifs is 1. The molecule has 3 nitrogen and oxygen atoms in total. The molecule has 0 aliphatic heterocycles. The van der Waals surface area contributed by atoms with E-state index in [1.165, 1.54) is 16.7 Å². The second-order valence-electron chi connectivity index (χ2n) is 5.54. The number of thiazole rings is 1. The number of rotatable bonds is 3. The Hall–Kier alpha value is -2.20. The van der Waals surface area contributed by atoms with Gasteiger partial charge >= 0.3 is 0 Å². The van der Waals surface area contributed by atoms with E-state index >= 15 is 0 Å². The molecule has 4 heteroatoms. The zero-order valence-electron chi connectivity index (χ0n) is 13.3. The molecule has 22 heavy (non-hydrogen) atoms. The molecule has 3 rings (SSSR count). The van der Waals surface area contributed by atoms with Crippen LogP contribution < -0.4 is 0 Å². The van der Waals surface area contributed by atoms with E-state index in [1.807, 2.05) is 19.9 Å². The van der Waals surface area contributed by atoms with E-state index in [9.17, 15) is 0 Å². The van der Waals surface area contributed by atoms with E-state index in [0.717, 1.165) is 26.9 Å². The molecule has 0 aliphatic rings. The first-order valence-corrected chi connectivity index (χ1v) is 8.04. The molecule has 0 bridgehead atoms. The van der Waals surface area contributed by atoms with Crippen LogP contribution in [-0.4, -0.2) is 14.4 Å². The number of hydrogen-bond donors (Lipinski definition) is 0. The quantitative estimate of drug-likeness (QED) is 0.687. The molecule has 3 aromatic rings. The summed E-state index contributed by atoms with van der Waals surface area (Å²) in [6, 6.07) is 2.19. The van der Waals surface area contributed by atoms with Crippen LogP contribution in [0.25, 0.3) is 23.4 Å². The summed E-state index contributed by atoms with van der Waals surface area (Å²) in [5.41, 5.74) is 6.61. The van der Waals surface area contributed by atoms with Gasteiger partial charge in [-0.15, -0.1) is 11.3 Å². The highest BCUT2D eigenvalue weighted by atomic mass is 32.1. The molecule has 0 aliphatic carbocycles. The first-order chi connectivity index (χ1) is 10.5. The Bertz CT molecular complexity index is 897. The van der Waals surface area contributed by atoms with Crippen molar-refractivity contribution < 1.29 is 0 Å². The van der Waals surface area contributed by atoms with Gasteiger partial charge in [0.05, 0.1) is 21.3 Å². The first kappa shape index (κ1) is 14.7. The van der Waals surface area contributed by atoms with Crippen LogP contribution in [0.2, 0.25) is 0 Å². The number of pyridine rings is 1. The average Bonchev–Trinajstić information content (AvgIpc) is 3.00. The van der Waals surface area contributed by atoms with Crippen LogP contribution in [0, 0.1) is 20.8 Å². The van der Waals surface area contributed by atoms with Gasteiger partial charge in [0.2, 0.25) is 0 Å². The molecular formula is C18H19N3S. The van der Waals surface area contributed by atoms with Crippen molar-refractivity contribution in [3.05, 3.63) is 57.4 Å². The van der Waals surface area contributed by atoms with Gasteiger partial charge in [0.15, 0.2) is 0 Å². The van der Waals surface area contributed by atoms with E-state index in [4.69, 9.17) is 0 Å². The average molecular weight is 309 g/mol. The topological polar surface area (TPSA) is 30.2 Å². The Morgan fingerprint density at radius 3 is 2.73 bits per heavy atom. The van der Waals surface area contributed by atoms with Crippen LogP contribution >= 0.6 is 11.3 Å². The monoisotopic (exact) mass is 309 g/mol. The molecule has 112 valence electrons. The third kappa shape index (κ3) is 2.62. The molecule has 3 aromatic heterocycles. The number of allylic oxidation sites excluding steroid dienone is 1. The van der Waals surface area contributed by atoms with Crippen molar-refractivity contribution in [3.8, 4) is 0 Å². The van der Waals surface area contributed by atoms with Gasteiger partial charge in [-0.3, -0.25) is 0 Å². The van der Waals surface area contributed by atoms with Crippen LogP contribution in [0.5, 0.6) is 0 Å². The molecule has 0 aromatic carbocycles. The van der Waals surface area contributed by atoms with Crippen LogP contribution in [-0.2, 0) is 0 Å². The minimum absolute atomic E-state index is 0.957. The van der Waals surface area contributed by atoms with Gasteiger partial charge in [-0.25, -0.2) is 9.97 Å². The van der Waals surface area contributed by atoms with Crippen molar-refractivity contribution in [3.63, 3.8) is 0 Å². The summed E-state index contributed by atoms with van der Waals surface area (Å²) in [5.74, 6) is 0. The molecule has 0 radical (unpaired) electrons. The largest absolute Gasteiger partial charge is 0.306 e. The minimum atomic E-state index is 0.957. The second kappa shape index (κ2) is 5.54. The lowest BCUT2D eigenvalue weighted by Gasteiger charge is -2.06. The minimum Gasteiger partial charge on any atom is -0.306 e. The van der Waals surface area contributed by atoms with Crippen molar-refractivity contribution >= 4 is 34.7 Å². The number of aromatic nitrogens is 3. The summed E-state index contributed by atoms with van der Waals surface area (Å²) in [4.78, 5) is 10.2. The van der Waals surface area contributed by atoms with E-state index in [1.54, 1.807) is 11.3 Å². The van der Waals surface area contributed by atoms with Crippen molar-refractivity contribution in [2.24, 2.45) is 0 Å². The maximum atomic E-state index is 4.55. The molecule has 0 atom stereocenters. The molecule has 0 N–H and O–H groups in total.